The molecule has 0 fully saturated rings. The summed E-state index contributed by atoms with van der Waals surface area (Å²) in [4.78, 5) is 0. The minimum atomic E-state index is -0.879. The Labute approximate surface area is 92.1 Å². The molecule has 1 unspecified atom stereocenters. The maximum absolute atomic E-state index is 9.77. The molecule has 1 rings (SSSR count). The van der Waals surface area contributed by atoms with Crippen molar-refractivity contribution in [3.8, 4) is 11.8 Å². The topological polar surface area (TPSA) is 20.2 Å². The summed E-state index contributed by atoms with van der Waals surface area (Å²) in [6, 6.07) is 6.17. The fourth-order valence-electron chi connectivity index (χ4n) is 1.16. The molecule has 1 aromatic rings. The molecule has 0 heterocycles. The molecule has 1 N–H and O–H groups in total. The van der Waals surface area contributed by atoms with E-state index in [4.69, 9.17) is 0 Å². The molecule has 0 aliphatic heterocycles. The zero-order chi connectivity index (χ0) is 11.5. The van der Waals surface area contributed by atoms with Crippen LogP contribution in [-0.2, 0) is 0 Å². The van der Waals surface area contributed by atoms with Gasteiger partial charge in [0.05, 0.1) is 0 Å². The average molecular weight is 202 g/mol. The average Bonchev–Trinajstić information content (AvgIpc) is 2.20. The van der Waals surface area contributed by atoms with E-state index in [-0.39, 0.29) is 0 Å². The van der Waals surface area contributed by atoms with Gasteiger partial charge in [0.25, 0.3) is 0 Å². The number of aliphatic hydroxyl groups is 1. The minimum Gasteiger partial charge on any atom is -0.378 e. The molecule has 1 atom stereocenters. The summed E-state index contributed by atoms with van der Waals surface area (Å²) in [5, 5.41) is 9.77. The molecule has 1 aromatic carbocycles. The first-order valence-corrected chi connectivity index (χ1v) is 5.27. The summed E-state index contributed by atoms with van der Waals surface area (Å²) < 4.78 is 0. The molecule has 0 radical (unpaired) electrons. The third-order valence-corrected chi connectivity index (χ3v) is 2.55. The van der Waals surface area contributed by atoms with Gasteiger partial charge < -0.3 is 5.11 Å². The van der Waals surface area contributed by atoms with Gasteiger partial charge in [0, 0.05) is 5.56 Å². The van der Waals surface area contributed by atoms with Crippen LogP contribution in [0.5, 0.6) is 0 Å². The second-order valence-corrected chi connectivity index (χ2v) is 4.20. The van der Waals surface area contributed by atoms with E-state index in [9.17, 15) is 5.11 Å². The summed E-state index contributed by atoms with van der Waals surface area (Å²) in [7, 11) is 0. The zero-order valence-electron chi connectivity index (χ0n) is 9.89. The first kappa shape index (κ1) is 11.8. The van der Waals surface area contributed by atoms with Crippen molar-refractivity contribution in [2.75, 3.05) is 0 Å². The quantitative estimate of drug-likeness (QED) is 0.694. The van der Waals surface area contributed by atoms with Crippen molar-refractivity contribution >= 4 is 0 Å². The van der Waals surface area contributed by atoms with Crippen LogP contribution in [-0.4, -0.2) is 10.7 Å². The molecular weight excluding hydrogens is 184 g/mol. The first-order chi connectivity index (χ1) is 6.94. The second kappa shape index (κ2) is 4.51. The van der Waals surface area contributed by atoms with Crippen LogP contribution in [0.2, 0.25) is 0 Å². The summed E-state index contributed by atoms with van der Waals surface area (Å²) in [5.74, 6) is 5.94. The molecule has 0 aliphatic rings. The molecule has 15 heavy (non-hydrogen) atoms. The molecule has 0 saturated carbocycles. The normalized spacial score (nSPS) is 13.9. The van der Waals surface area contributed by atoms with Gasteiger partial charge in [-0.25, -0.2) is 0 Å². The maximum atomic E-state index is 9.77. The summed E-state index contributed by atoms with van der Waals surface area (Å²) in [5.41, 5.74) is 2.47. The molecule has 0 aliphatic carbocycles. The SMILES string of the molecule is CCC(C)(O)C#Cc1cc(C)ccc1C. The molecular formula is C14H18O. The van der Waals surface area contributed by atoms with Crippen molar-refractivity contribution < 1.29 is 5.11 Å². The number of hydrogen-bond acceptors (Lipinski definition) is 1. The van der Waals surface area contributed by atoms with Crippen molar-refractivity contribution in [3.63, 3.8) is 0 Å². The van der Waals surface area contributed by atoms with Crippen molar-refractivity contribution in [2.45, 2.75) is 39.7 Å². The third kappa shape index (κ3) is 3.42. The Hall–Kier alpha value is -1.26. The number of hydrogen-bond donors (Lipinski definition) is 1. The van der Waals surface area contributed by atoms with Crippen molar-refractivity contribution in [1.82, 2.24) is 0 Å². The van der Waals surface area contributed by atoms with E-state index in [0.29, 0.717) is 6.42 Å². The Kier molecular flexibility index (Phi) is 3.55. The van der Waals surface area contributed by atoms with Gasteiger partial charge in [0.1, 0.15) is 5.60 Å². The molecule has 0 spiro atoms. The molecule has 0 amide bonds. The van der Waals surface area contributed by atoms with Gasteiger partial charge in [-0.2, -0.15) is 0 Å². The molecule has 0 aromatic heterocycles. The highest BCUT2D eigenvalue weighted by atomic mass is 16.3. The largest absolute Gasteiger partial charge is 0.378 e. The minimum absolute atomic E-state index is 0.644. The van der Waals surface area contributed by atoms with E-state index >= 15 is 0 Å². The fourth-order valence-corrected chi connectivity index (χ4v) is 1.16. The fraction of sp³-hybridized carbons (Fsp3) is 0.429. The Morgan fingerprint density at radius 1 is 1.33 bits per heavy atom. The Morgan fingerprint density at radius 3 is 2.60 bits per heavy atom. The lowest BCUT2D eigenvalue weighted by Crippen LogP contribution is -2.19. The van der Waals surface area contributed by atoms with E-state index in [1.54, 1.807) is 6.92 Å². The van der Waals surface area contributed by atoms with Crippen molar-refractivity contribution in [2.24, 2.45) is 0 Å². The van der Waals surface area contributed by atoms with Crippen LogP contribution in [0.15, 0.2) is 18.2 Å². The maximum Gasteiger partial charge on any atom is 0.122 e. The highest BCUT2D eigenvalue weighted by Crippen LogP contribution is 2.11. The Morgan fingerprint density at radius 2 is 2.00 bits per heavy atom. The van der Waals surface area contributed by atoms with Crippen LogP contribution in [0.4, 0.5) is 0 Å². The summed E-state index contributed by atoms with van der Waals surface area (Å²) >= 11 is 0. The van der Waals surface area contributed by atoms with Crippen LogP contribution >= 0.6 is 0 Å². The molecule has 0 saturated heterocycles. The van der Waals surface area contributed by atoms with Gasteiger partial charge in [-0.1, -0.05) is 30.9 Å². The van der Waals surface area contributed by atoms with Gasteiger partial charge in [0.15, 0.2) is 0 Å². The predicted molar refractivity (Wildman–Crippen MR) is 63.7 cm³/mol. The monoisotopic (exact) mass is 202 g/mol. The Bertz CT molecular complexity index is 405. The smallest absolute Gasteiger partial charge is 0.122 e. The van der Waals surface area contributed by atoms with E-state index < -0.39 is 5.60 Å². The van der Waals surface area contributed by atoms with Crippen molar-refractivity contribution in [3.05, 3.63) is 34.9 Å². The van der Waals surface area contributed by atoms with Gasteiger partial charge in [-0.15, -0.1) is 0 Å². The lowest BCUT2D eigenvalue weighted by atomic mass is 10.0. The summed E-state index contributed by atoms with van der Waals surface area (Å²) in [6.07, 6.45) is 0.644. The third-order valence-electron chi connectivity index (χ3n) is 2.55. The predicted octanol–water partition coefficient (Wildman–Crippen LogP) is 2.82. The number of benzene rings is 1. The second-order valence-electron chi connectivity index (χ2n) is 4.20. The number of aryl methyl sites for hydroxylation is 2. The first-order valence-electron chi connectivity index (χ1n) is 5.27. The van der Waals surface area contributed by atoms with Crippen LogP contribution in [0.1, 0.15) is 37.0 Å². The summed E-state index contributed by atoms with van der Waals surface area (Å²) in [6.45, 7) is 7.75. The van der Waals surface area contributed by atoms with Gasteiger partial charge in [-0.05, 0) is 44.4 Å². The van der Waals surface area contributed by atoms with E-state index in [1.165, 1.54) is 5.56 Å². The Balaban J connectivity index is 3.03. The highest BCUT2D eigenvalue weighted by Gasteiger charge is 2.12. The lowest BCUT2D eigenvalue weighted by Gasteiger charge is -2.12. The molecule has 1 heteroatoms. The lowest BCUT2D eigenvalue weighted by molar-refractivity contribution is 0.118. The number of rotatable bonds is 1. The van der Waals surface area contributed by atoms with E-state index in [1.807, 2.05) is 26.8 Å². The standard InChI is InChI=1S/C14H18O/c1-5-14(4,15)9-8-13-10-11(2)6-7-12(13)3/h6-7,10,15H,5H2,1-4H3. The molecule has 80 valence electrons. The molecule has 1 nitrogen and oxygen atoms in total. The zero-order valence-corrected chi connectivity index (χ0v) is 9.89. The van der Waals surface area contributed by atoms with E-state index in [2.05, 4.69) is 24.0 Å². The van der Waals surface area contributed by atoms with E-state index in [0.717, 1.165) is 11.1 Å². The van der Waals surface area contributed by atoms with Crippen molar-refractivity contribution in [1.29, 1.82) is 0 Å². The molecule has 0 bridgehead atoms. The van der Waals surface area contributed by atoms with Crippen LogP contribution in [0.25, 0.3) is 0 Å². The van der Waals surface area contributed by atoms with Crippen LogP contribution in [0.3, 0.4) is 0 Å². The van der Waals surface area contributed by atoms with Crippen LogP contribution in [0, 0.1) is 25.7 Å². The van der Waals surface area contributed by atoms with Gasteiger partial charge in [0.2, 0.25) is 0 Å². The highest BCUT2D eigenvalue weighted by molar-refractivity contribution is 5.43. The van der Waals surface area contributed by atoms with Gasteiger partial charge >= 0.3 is 0 Å². The van der Waals surface area contributed by atoms with Gasteiger partial charge in [-0.3, -0.25) is 0 Å². The van der Waals surface area contributed by atoms with Crippen LogP contribution < -0.4 is 0 Å².